The summed E-state index contributed by atoms with van der Waals surface area (Å²) >= 11 is 0. The molecule has 0 fully saturated rings. The molecular formula is C20H24O4. The third-order valence-corrected chi connectivity index (χ3v) is 4.49. The molecule has 0 spiro atoms. The summed E-state index contributed by atoms with van der Waals surface area (Å²) in [5.74, 6) is 1.74. The van der Waals surface area contributed by atoms with Crippen molar-refractivity contribution >= 4 is 0 Å². The monoisotopic (exact) mass is 328 g/mol. The van der Waals surface area contributed by atoms with Crippen molar-refractivity contribution in [2.24, 2.45) is 0 Å². The zero-order valence-corrected chi connectivity index (χ0v) is 14.0. The average molecular weight is 328 g/mol. The third kappa shape index (κ3) is 4.01. The van der Waals surface area contributed by atoms with Crippen LogP contribution in [0.15, 0.2) is 36.4 Å². The van der Waals surface area contributed by atoms with Crippen molar-refractivity contribution in [2.75, 3.05) is 7.11 Å². The highest BCUT2D eigenvalue weighted by molar-refractivity contribution is 5.49. The normalized spacial score (nSPS) is 18.3. The van der Waals surface area contributed by atoms with Crippen molar-refractivity contribution in [3.8, 4) is 23.0 Å². The molecule has 4 nitrogen and oxygen atoms in total. The van der Waals surface area contributed by atoms with Gasteiger partial charge in [0, 0.05) is 0 Å². The molecule has 2 aromatic rings. The molecule has 0 amide bonds. The van der Waals surface area contributed by atoms with Gasteiger partial charge in [-0.25, -0.2) is 0 Å². The third-order valence-electron chi connectivity index (χ3n) is 4.49. The highest BCUT2D eigenvalue weighted by atomic mass is 16.5. The largest absolute Gasteiger partial charge is 0.504 e. The summed E-state index contributed by atoms with van der Waals surface area (Å²) in [6.07, 6.45) is 4.99. The summed E-state index contributed by atoms with van der Waals surface area (Å²) in [5.41, 5.74) is 2.22. The molecule has 4 bridgehead atoms. The number of ether oxygens (including phenoxy) is 2. The topological polar surface area (TPSA) is 58.9 Å². The van der Waals surface area contributed by atoms with Crippen LogP contribution in [0.1, 0.15) is 36.8 Å². The maximum absolute atomic E-state index is 10.1. The van der Waals surface area contributed by atoms with Crippen molar-refractivity contribution < 1.29 is 19.7 Å². The van der Waals surface area contributed by atoms with Gasteiger partial charge in [-0.3, -0.25) is 0 Å². The molecule has 1 unspecified atom stereocenters. The standard InChI is InChI=1S/C20H24O4/c1-23-20-13-14-4-2-3-5-16(21)9-6-15-7-10-17(22)19(12-15)24-18(20)11-8-14/h7-8,10-13,16,21-22H,2-6,9H2,1H3. The maximum atomic E-state index is 10.1. The molecule has 4 heteroatoms. The zero-order chi connectivity index (χ0) is 16.9. The van der Waals surface area contributed by atoms with Gasteiger partial charge in [-0.1, -0.05) is 18.6 Å². The van der Waals surface area contributed by atoms with Crippen LogP contribution in [-0.2, 0) is 12.8 Å². The van der Waals surface area contributed by atoms with E-state index in [1.165, 1.54) is 5.56 Å². The van der Waals surface area contributed by atoms with Gasteiger partial charge in [-0.05, 0) is 67.5 Å². The first kappa shape index (κ1) is 16.7. The van der Waals surface area contributed by atoms with E-state index < -0.39 is 0 Å². The lowest BCUT2D eigenvalue weighted by molar-refractivity contribution is 0.151. The number of aromatic hydroxyl groups is 1. The van der Waals surface area contributed by atoms with Crippen molar-refractivity contribution in [3.05, 3.63) is 47.5 Å². The van der Waals surface area contributed by atoms with Gasteiger partial charge in [-0.15, -0.1) is 0 Å². The molecule has 2 heterocycles. The number of hydrogen-bond donors (Lipinski definition) is 2. The Balaban J connectivity index is 1.96. The van der Waals surface area contributed by atoms with Crippen LogP contribution in [0.3, 0.4) is 0 Å². The van der Waals surface area contributed by atoms with Crippen LogP contribution in [0, 0.1) is 0 Å². The Morgan fingerprint density at radius 2 is 1.75 bits per heavy atom. The number of methoxy groups -OCH3 is 1. The van der Waals surface area contributed by atoms with Crippen LogP contribution >= 0.6 is 0 Å². The summed E-state index contributed by atoms with van der Waals surface area (Å²) in [6.45, 7) is 0. The Morgan fingerprint density at radius 1 is 0.958 bits per heavy atom. The smallest absolute Gasteiger partial charge is 0.169 e. The maximum Gasteiger partial charge on any atom is 0.169 e. The minimum Gasteiger partial charge on any atom is -0.504 e. The molecule has 24 heavy (non-hydrogen) atoms. The summed E-state index contributed by atoms with van der Waals surface area (Å²) in [5, 5.41) is 20.2. The second-order valence-corrected chi connectivity index (χ2v) is 6.33. The van der Waals surface area contributed by atoms with E-state index in [1.54, 1.807) is 13.2 Å². The van der Waals surface area contributed by atoms with Gasteiger partial charge < -0.3 is 19.7 Å². The second-order valence-electron chi connectivity index (χ2n) is 6.33. The van der Waals surface area contributed by atoms with Gasteiger partial charge in [0.25, 0.3) is 0 Å². The van der Waals surface area contributed by atoms with Crippen molar-refractivity contribution in [1.82, 2.24) is 0 Å². The molecular weight excluding hydrogens is 304 g/mol. The molecule has 0 radical (unpaired) electrons. The summed E-state index contributed by atoms with van der Waals surface area (Å²) in [4.78, 5) is 0. The molecule has 0 saturated heterocycles. The van der Waals surface area contributed by atoms with Crippen molar-refractivity contribution in [3.63, 3.8) is 0 Å². The highest BCUT2D eigenvalue weighted by Gasteiger charge is 2.13. The van der Waals surface area contributed by atoms with Crippen LogP contribution in [0.2, 0.25) is 0 Å². The minimum absolute atomic E-state index is 0.0924. The Hall–Kier alpha value is -2.20. The Bertz CT molecular complexity index is 696. The molecule has 2 aliphatic rings. The predicted octanol–water partition coefficient (Wildman–Crippen LogP) is 4.21. The highest BCUT2D eigenvalue weighted by Crippen LogP contribution is 2.37. The quantitative estimate of drug-likeness (QED) is 0.823. The van der Waals surface area contributed by atoms with Gasteiger partial charge in [-0.2, -0.15) is 0 Å². The molecule has 4 rings (SSSR count). The lowest BCUT2D eigenvalue weighted by atomic mass is 10.0. The van der Waals surface area contributed by atoms with E-state index in [1.807, 2.05) is 30.3 Å². The lowest BCUT2D eigenvalue weighted by Gasteiger charge is -2.13. The summed E-state index contributed by atoms with van der Waals surface area (Å²) in [7, 11) is 1.62. The average Bonchev–Trinajstić information content (AvgIpc) is 2.60. The minimum atomic E-state index is -0.287. The first-order chi connectivity index (χ1) is 11.7. The number of fused-ring (bicyclic) bond motifs is 8. The zero-order valence-electron chi connectivity index (χ0n) is 14.0. The molecule has 128 valence electrons. The fourth-order valence-electron chi connectivity index (χ4n) is 3.05. The van der Waals surface area contributed by atoms with Crippen LogP contribution < -0.4 is 9.47 Å². The molecule has 0 aromatic heterocycles. The lowest BCUT2D eigenvalue weighted by Crippen LogP contribution is -2.08. The van der Waals surface area contributed by atoms with Gasteiger partial charge in [0.15, 0.2) is 23.0 Å². The number of aliphatic hydroxyl groups is 1. The molecule has 2 N–H and O–H groups in total. The van der Waals surface area contributed by atoms with E-state index in [9.17, 15) is 10.2 Å². The van der Waals surface area contributed by atoms with Crippen LogP contribution in [0.5, 0.6) is 23.0 Å². The van der Waals surface area contributed by atoms with Gasteiger partial charge >= 0.3 is 0 Å². The van der Waals surface area contributed by atoms with E-state index in [-0.39, 0.29) is 11.9 Å². The molecule has 0 aliphatic carbocycles. The SMILES string of the molecule is COc1cc2ccc1Oc1cc(ccc1O)CCC(O)CCCC2. The predicted molar refractivity (Wildman–Crippen MR) is 93.1 cm³/mol. The summed E-state index contributed by atoms with van der Waals surface area (Å²) in [6, 6.07) is 11.2. The first-order valence-corrected chi connectivity index (χ1v) is 8.50. The number of aryl methyl sites for hydroxylation is 2. The number of phenols is 1. The Morgan fingerprint density at radius 3 is 2.58 bits per heavy atom. The first-order valence-electron chi connectivity index (χ1n) is 8.50. The Labute approximate surface area is 142 Å². The number of aliphatic hydroxyl groups excluding tert-OH is 1. The molecule has 1 atom stereocenters. The van der Waals surface area contributed by atoms with Crippen LogP contribution in [0.25, 0.3) is 0 Å². The molecule has 2 aliphatic heterocycles. The molecule has 0 saturated carbocycles. The molecule has 2 aromatic carbocycles. The summed E-state index contributed by atoms with van der Waals surface area (Å²) < 4.78 is 11.3. The van der Waals surface area contributed by atoms with E-state index in [2.05, 4.69) is 0 Å². The van der Waals surface area contributed by atoms with Crippen molar-refractivity contribution in [1.29, 1.82) is 0 Å². The van der Waals surface area contributed by atoms with Crippen LogP contribution in [-0.4, -0.2) is 23.4 Å². The fourth-order valence-corrected chi connectivity index (χ4v) is 3.05. The van der Waals surface area contributed by atoms with E-state index in [0.717, 1.165) is 44.1 Å². The van der Waals surface area contributed by atoms with E-state index >= 15 is 0 Å². The second kappa shape index (κ2) is 7.58. The van der Waals surface area contributed by atoms with Crippen LogP contribution in [0.4, 0.5) is 0 Å². The van der Waals surface area contributed by atoms with Gasteiger partial charge in [0.05, 0.1) is 13.2 Å². The number of phenolic OH excluding ortho intramolecular Hbond substituents is 1. The van der Waals surface area contributed by atoms with E-state index in [0.29, 0.717) is 17.2 Å². The van der Waals surface area contributed by atoms with Crippen molar-refractivity contribution in [2.45, 2.75) is 44.6 Å². The number of rotatable bonds is 1. The Kier molecular flexibility index (Phi) is 5.26. The number of benzene rings is 2. The van der Waals surface area contributed by atoms with E-state index in [4.69, 9.17) is 9.47 Å². The van der Waals surface area contributed by atoms with Gasteiger partial charge in [0.1, 0.15) is 0 Å². The fraction of sp³-hybridized carbons (Fsp3) is 0.400. The number of hydrogen-bond acceptors (Lipinski definition) is 4. The van der Waals surface area contributed by atoms with Gasteiger partial charge in [0.2, 0.25) is 0 Å².